The Kier molecular flexibility index (Phi) is 4.69. The van der Waals surface area contributed by atoms with E-state index in [1.54, 1.807) is 0 Å². The Hall–Kier alpha value is -0.0200. The van der Waals surface area contributed by atoms with Crippen LogP contribution in [-0.4, -0.2) is 10.3 Å². The van der Waals surface area contributed by atoms with Gasteiger partial charge in [0.05, 0.1) is 10.3 Å². The Labute approximate surface area is 89.4 Å². The van der Waals surface area contributed by atoms with Gasteiger partial charge in [0.15, 0.2) is 0 Å². The van der Waals surface area contributed by atoms with Gasteiger partial charge in [0.1, 0.15) is 5.75 Å². The second kappa shape index (κ2) is 5.60. The van der Waals surface area contributed by atoms with Gasteiger partial charge in [-0.2, -0.15) is 0 Å². The third-order valence-electron chi connectivity index (χ3n) is 1.35. The molecule has 0 spiro atoms. The third-order valence-corrected chi connectivity index (χ3v) is 2.26. The summed E-state index contributed by atoms with van der Waals surface area (Å²) in [6, 6.07) is 9.82. The fourth-order valence-corrected chi connectivity index (χ4v) is 1.16. The lowest BCUT2D eigenvalue weighted by molar-refractivity contribution is 0.317. The predicted octanol–water partition coefficient (Wildman–Crippen LogP) is 3.57. The molecule has 1 aromatic carbocycles. The summed E-state index contributed by atoms with van der Waals surface area (Å²) >= 11 is 6.77. The monoisotopic (exact) mass is 292 g/mol. The minimum atomic E-state index is 0.341. The number of para-hydroxylation sites is 1. The first-order chi connectivity index (χ1) is 5.79. The fourth-order valence-electron chi connectivity index (χ4n) is 0.783. The summed E-state index contributed by atoms with van der Waals surface area (Å²) in [5.74, 6) is 0.929. The van der Waals surface area contributed by atoms with Crippen LogP contribution in [0.4, 0.5) is 0 Å². The minimum Gasteiger partial charge on any atom is -0.494 e. The molecule has 0 unspecified atom stereocenters. The number of benzene rings is 1. The highest BCUT2D eigenvalue weighted by Gasteiger charge is 1.97. The van der Waals surface area contributed by atoms with E-state index in [9.17, 15) is 0 Å². The molecular weight excluding hydrogens is 284 g/mol. The zero-order valence-corrected chi connectivity index (χ0v) is 9.71. The molecule has 0 aliphatic carbocycles. The zero-order chi connectivity index (χ0) is 8.81. The van der Waals surface area contributed by atoms with Crippen molar-refractivity contribution in [2.75, 3.05) is 6.61 Å². The van der Waals surface area contributed by atoms with Gasteiger partial charge in [0, 0.05) is 6.42 Å². The summed E-state index contributed by atoms with van der Waals surface area (Å²) < 4.78 is 5.80. The van der Waals surface area contributed by atoms with Crippen LogP contribution < -0.4 is 4.74 Å². The molecule has 0 radical (unpaired) electrons. The first kappa shape index (κ1) is 10.1. The van der Waals surface area contributed by atoms with Crippen molar-refractivity contribution in [2.45, 2.75) is 10.2 Å². The number of alkyl halides is 2. The van der Waals surface area contributed by atoms with Crippen LogP contribution in [0.25, 0.3) is 0 Å². The van der Waals surface area contributed by atoms with E-state index >= 15 is 0 Å². The predicted molar refractivity (Wildman–Crippen MR) is 58.2 cm³/mol. The maximum atomic E-state index is 5.46. The van der Waals surface area contributed by atoms with E-state index in [1.165, 1.54) is 0 Å². The first-order valence-corrected chi connectivity index (χ1v) is 5.58. The lowest BCUT2D eigenvalue weighted by Gasteiger charge is -2.05. The van der Waals surface area contributed by atoms with E-state index in [0.29, 0.717) is 3.74 Å². The van der Waals surface area contributed by atoms with Gasteiger partial charge in [0.25, 0.3) is 0 Å². The van der Waals surface area contributed by atoms with Crippen molar-refractivity contribution in [1.29, 1.82) is 0 Å². The van der Waals surface area contributed by atoms with E-state index in [1.807, 2.05) is 30.3 Å². The van der Waals surface area contributed by atoms with Gasteiger partial charge in [0.2, 0.25) is 0 Å². The molecule has 0 saturated heterocycles. The Morgan fingerprint density at radius 1 is 1.17 bits per heavy atom. The average molecular weight is 294 g/mol. The van der Waals surface area contributed by atoms with E-state index in [-0.39, 0.29) is 0 Å². The lowest BCUT2D eigenvalue weighted by atomic mass is 10.3. The highest BCUT2D eigenvalue weighted by atomic mass is 79.9. The van der Waals surface area contributed by atoms with E-state index in [2.05, 4.69) is 31.9 Å². The Morgan fingerprint density at radius 2 is 1.83 bits per heavy atom. The van der Waals surface area contributed by atoms with Crippen molar-refractivity contribution < 1.29 is 4.74 Å². The van der Waals surface area contributed by atoms with Gasteiger partial charge in [-0.1, -0.05) is 50.1 Å². The van der Waals surface area contributed by atoms with Crippen LogP contribution in [0.2, 0.25) is 0 Å². The summed E-state index contributed by atoms with van der Waals surface area (Å²) in [6.45, 7) is 0.727. The largest absolute Gasteiger partial charge is 0.494 e. The molecule has 66 valence electrons. The zero-order valence-electron chi connectivity index (χ0n) is 6.54. The van der Waals surface area contributed by atoms with Gasteiger partial charge in [-0.25, -0.2) is 0 Å². The van der Waals surface area contributed by atoms with Crippen LogP contribution in [0.3, 0.4) is 0 Å². The molecule has 0 bridgehead atoms. The maximum Gasteiger partial charge on any atom is 0.119 e. The first-order valence-electron chi connectivity index (χ1n) is 3.75. The smallest absolute Gasteiger partial charge is 0.119 e. The molecule has 0 aromatic heterocycles. The summed E-state index contributed by atoms with van der Waals surface area (Å²) in [5.41, 5.74) is 0. The normalized spacial score (nSPS) is 10.2. The third kappa shape index (κ3) is 4.12. The molecule has 0 N–H and O–H groups in total. The highest BCUT2D eigenvalue weighted by Crippen LogP contribution is 2.14. The molecule has 3 heteroatoms. The Morgan fingerprint density at radius 3 is 2.42 bits per heavy atom. The standard InChI is InChI=1S/C9H10Br2O/c10-9(11)6-7-12-8-4-2-1-3-5-8/h1-5,9H,6-7H2. The van der Waals surface area contributed by atoms with Gasteiger partial charge in [-0.05, 0) is 12.1 Å². The van der Waals surface area contributed by atoms with Crippen molar-refractivity contribution in [3.05, 3.63) is 30.3 Å². The van der Waals surface area contributed by atoms with Crippen LogP contribution in [0.5, 0.6) is 5.75 Å². The quantitative estimate of drug-likeness (QED) is 0.771. The Bertz CT molecular complexity index is 211. The molecule has 0 heterocycles. The maximum absolute atomic E-state index is 5.46. The summed E-state index contributed by atoms with van der Waals surface area (Å²) in [4.78, 5) is 0. The van der Waals surface area contributed by atoms with Gasteiger partial charge in [-0.3, -0.25) is 0 Å². The highest BCUT2D eigenvalue weighted by molar-refractivity contribution is 9.24. The lowest BCUT2D eigenvalue weighted by Crippen LogP contribution is -2.00. The van der Waals surface area contributed by atoms with Crippen molar-refractivity contribution in [2.24, 2.45) is 0 Å². The molecular formula is C9H10Br2O. The second-order valence-corrected chi connectivity index (χ2v) is 5.78. The molecule has 0 aliphatic heterocycles. The number of hydrogen-bond donors (Lipinski definition) is 0. The van der Waals surface area contributed by atoms with Crippen molar-refractivity contribution in [3.63, 3.8) is 0 Å². The van der Waals surface area contributed by atoms with Crippen LogP contribution in [0, 0.1) is 0 Å². The van der Waals surface area contributed by atoms with Crippen molar-refractivity contribution in [3.8, 4) is 5.75 Å². The topological polar surface area (TPSA) is 9.23 Å². The molecule has 1 rings (SSSR count). The Balaban J connectivity index is 2.25. The number of rotatable bonds is 4. The second-order valence-electron chi connectivity index (χ2n) is 2.34. The molecule has 1 aromatic rings. The molecule has 0 amide bonds. The number of halogens is 2. The molecule has 0 saturated carbocycles. The molecule has 0 fully saturated rings. The average Bonchev–Trinajstić information content (AvgIpc) is 2.05. The molecule has 0 aliphatic rings. The van der Waals surface area contributed by atoms with Crippen LogP contribution in [-0.2, 0) is 0 Å². The SMILES string of the molecule is BrC(Br)CCOc1ccccc1. The summed E-state index contributed by atoms with van der Waals surface area (Å²) in [5, 5.41) is 0. The summed E-state index contributed by atoms with van der Waals surface area (Å²) in [6.07, 6.45) is 0.953. The van der Waals surface area contributed by atoms with Gasteiger partial charge in [-0.15, -0.1) is 0 Å². The van der Waals surface area contributed by atoms with Crippen LogP contribution >= 0.6 is 31.9 Å². The minimum absolute atomic E-state index is 0.341. The molecule has 0 atom stereocenters. The van der Waals surface area contributed by atoms with Crippen LogP contribution in [0.1, 0.15) is 6.42 Å². The molecule has 1 nitrogen and oxygen atoms in total. The molecule has 12 heavy (non-hydrogen) atoms. The van der Waals surface area contributed by atoms with Crippen molar-refractivity contribution in [1.82, 2.24) is 0 Å². The van der Waals surface area contributed by atoms with Crippen molar-refractivity contribution >= 4 is 31.9 Å². The van der Waals surface area contributed by atoms with Gasteiger partial charge >= 0.3 is 0 Å². The van der Waals surface area contributed by atoms with Gasteiger partial charge < -0.3 is 4.74 Å². The number of ether oxygens (including phenoxy) is 1. The van der Waals surface area contributed by atoms with E-state index in [0.717, 1.165) is 18.8 Å². The fraction of sp³-hybridized carbons (Fsp3) is 0.333. The number of hydrogen-bond acceptors (Lipinski definition) is 1. The van der Waals surface area contributed by atoms with E-state index < -0.39 is 0 Å². The van der Waals surface area contributed by atoms with Crippen LogP contribution in [0.15, 0.2) is 30.3 Å². The summed E-state index contributed by atoms with van der Waals surface area (Å²) in [7, 11) is 0. The van der Waals surface area contributed by atoms with E-state index in [4.69, 9.17) is 4.74 Å².